The summed E-state index contributed by atoms with van der Waals surface area (Å²) in [5.74, 6) is 0.762. The van der Waals surface area contributed by atoms with Gasteiger partial charge in [0.2, 0.25) is 0 Å². The molecule has 0 aliphatic carbocycles. The van der Waals surface area contributed by atoms with Crippen LogP contribution >= 0.6 is 0 Å². The third-order valence-electron chi connectivity index (χ3n) is 3.28. The molecule has 0 bridgehead atoms. The summed E-state index contributed by atoms with van der Waals surface area (Å²) in [5, 5.41) is 3.21. The molecule has 0 atom stereocenters. The molecule has 94 valence electrons. The molecule has 2 heterocycles. The van der Waals surface area contributed by atoms with Crippen LogP contribution in [0.5, 0.6) is 5.75 Å². The Morgan fingerprint density at radius 1 is 1.44 bits per heavy atom. The van der Waals surface area contributed by atoms with Crippen LogP contribution in [0.25, 0.3) is 5.69 Å². The van der Waals surface area contributed by atoms with Crippen molar-refractivity contribution < 1.29 is 9.13 Å². The predicted octanol–water partition coefficient (Wildman–Crippen LogP) is 1.71. The maximum atomic E-state index is 13.9. The molecule has 5 heteroatoms. The average molecular weight is 247 g/mol. The fourth-order valence-corrected chi connectivity index (χ4v) is 2.11. The Morgan fingerprint density at radius 3 is 2.94 bits per heavy atom. The summed E-state index contributed by atoms with van der Waals surface area (Å²) < 4.78 is 20.8. The van der Waals surface area contributed by atoms with Gasteiger partial charge in [0.15, 0.2) is 0 Å². The van der Waals surface area contributed by atoms with Crippen molar-refractivity contribution in [3.63, 3.8) is 0 Å². The number of ether oxygens (including phenoxy) is 1. The van der Waals surface area contributed by atoms with Crippen LogP contribution in [0.3, 0.4) is 0 Å². The highest BCUT2D eigenvalue weighted by molar-refractivity contribution is 5.42. The van der Waals surface area contributed by atoms with E-state index in [4.69, 9.17) is 4.74 Å². The zero-order valence-electron chi connectivity index (χ0n) is 10.1. The first kappa shape index (κ1) is 11.2. The molecule has 3 rings (SSSR count). The van der Waals surface area contributed by atoms with Gasteiger partial charge in [-0.05, 0) is 12.1 Å². The Labute approximate surface area is 104 Å². The van der Waals surface area contributed by atoms with Gasteiger partial charge < -0.3 is 10.1 Å². The van der Waals surface area contributed by atoms with Crippen LogP contribution in [0, 0.1) is 5.82 Å². The maximum Gasteiger partial charge on any atom is 0.147 e. The maximum absolute atomic E-state index is 13.9. The Hall–Kier alpha value is -1.88. The number of benzene rings is 1. The van der Waals surface area contributed by atoms with Crippen LogP contribution in [-0.4, -0.2) is 29.8 Å². The second kappa shape index (κ2) is 4.42. The molecule has 4 nitrogen and oxygen atoms in total. The fourth-order valence-electron chi connectivity index (χ4n) is 2.11. The third-order valence-corrected chi connectivity index (χ3v) is 3.28. The summed E-state index contributed by atoms with van der Waals surface area (Å²) in [7, 11) is 1.57. The molecule has 1 N–H and O–H groups in total. The minimum atomic E-state index is -0.276. The van der Waals surface area contributed by atoms with Gasteiger partial charge in [0.05, 0.1) is 19.1 Å². The lowest BCUT2D eigenvalue weighted by Gasteiger charge is -2.28. The molecule has 1 saturated heterocycles. The molecule has 0 amide bonds. The number of nitrogens with one attached hydrogen (secondary N) is 1. The van der Waals surface area contributed by atoms with Gasteiger partial charge >= 0.3 is 0 Å². The van der Waals surface area contributed by atoms with Crippen molar-refractivity contribution >= 4 is 0 Å². The number of rotatable bonds is 3. The average Bonchev–Trinajstić information content (AvgIpc) is 2.76. The number of aromatic nitrogens is 2. The molecule has 1 aromatic heterocycles. The summed E-state index contributed by atoms with van der Waals surface area (Å²) >= 11 is 0. The lowest BCUT2D eigenvalue weighted by molar-refractivity contribution is 0.412. The SMILES string of the molecule is COc1ccc(F)c(-n2cncc2C2CNC2)c1. The first-order valence-corrected chi connectivity index (χ1v) is 5.86. The van der Waals surface area contributed by atoms with Gasteiger partial charge in [0, 0.05) is 37.0 Å². The molecule has 0 saturated carbocycles. The highest BCUT2D eigenvalue weighted by Gasteiger charge is 2.23. The topological polar surface area (TPSA) is 39.1 Å². The molecule has 1 aromatic carbocycles. The van der Waals surface area contributed by atoms with Crippen molar-refractivity contribution in [2.45, 2.75) is 5.92 Å². The van der Waals surface area contributed by atoms with E-state index in [-0.39, 0.29) is 5.82 Å². The molecule has 1 fully saturated rings. The number of hydrogen-bond acceptors (Lipinski definition) is 3. The van der Waals surface area contributed by atoms with E-state index in [1.165, 1.54) is 6.07 Å². The first-order valence-electron chi connectivity index (χ1n) is 5.86. The summed E-state index contributed by atoms with van der Waals surface area (Å²) in [6.07, 6.45) is 3.44. The molecular formula is C13H14FN3O. The Balaban J connectivity index is 2.06. The lowest BCUT2D eigenvalue weighted by Crippen LogP contribution is -2.40. The van der Waals surface area contributed by atoms with Crippen LogP contribution in [0.15, 0.2) is 30.7 Å². The van der Waals surface area contributed by atoms with Crippen molar-refractivity contribution in [3.8, 4) is 11.4 Å². The van der Waals surface area contributed by atoms with Gasteiger partial charge in [-0.1, -0.05) is 0 Å². The summed E-state index contributed by atoms with van der Waals surface area (Å²) in [6, 6.07) is 4.71. The van der Waals surface area contributed by atoms with Gasteiger partial charge in [0.1, 0.15) is 11.6 Å². The number of hydrogen-bond donors (Lipinski definition) is 1. The molecule has 1 aliphatic heterocycles. The summed E-state index contributed by atoms with van der Waals surface area (Å²) in [5.41, 5.74) is 1.51. The Bertz CT molecular complexity index is 563. The predicted molar refractivity (Wildman–Crippen MR) is 65.7 cm³/mol. The van der Waals surface area contributed by atoms with E-state index in [0.29, 0.717) is 17.4 Å². The quantitative estimate of drug-likeness (QED) is 0.897. The van der Waals surface area contributed by atoms with Crippen LogP contribution in [0.1, 0.15) is 11.6 Å². The standard InChI is InChI=1S/C13H14FN3O/c1-18-10-2-3-11(14)12(4-10)17-8-16-7-13(17)9-5-15-6-9/h2-4,7-9,15H,5-6H2,1H3. The minimum absolute atomic E-state index is 0.276. The van der Waals surface area contributed by atoms with Crippen LogP contribution in [0.4, 0.5) is 4.39 Å². The van der Waals surface area contributed by atoms with E-state index >= 15 is 0 Å². The van der Waals surface area contributed by atoms with Gasteiger partial charge in [-0.2, -0.15) is 0 Å². The fraction of sp³-hybridized carbons (Fsp3) is 0.308. The number of methoxy groups -OCH3 is 1. The number of imidazole rings is 1. The first-order chi connectivity index (χ1) is 8.79. The van der Waals surface area contributed by atoms with Crippen molar-refractivity contribution in [3.05, 3.63) is 42.2 Å². The van der Waals surface area contributed by atoms with Crippen LogP contribution in [0.2, 0.25) is 0 Å². The van der Waals surface area contributed by atoms with Crippen LogP contribution < -0.4 is 10.1 Å². The zero-order valence-corrected chi connectivity index (χ0v) is 10.1. The minimum Gasteiger partial charge on any atom is -0.497 e. The number of halogens is 1. The van der Waals surface area contributed by atoms with Crippen molar-refractivity contribution in [2.24, 2.45) is 0 Å². The molecule has 1 aliphatic rings. The number of nitrogens with zero attached hydrogens (tertiary/aromatic N) is 2. The van der Waals surface area contributed by atoms with Crippen LogP contribution in [-0.2, 0) is 0 Å². The molecule has 18 heavy (non-hydrogen) atoms. The van der Waals surface area contributed by atoms with Crippen molar-refractivity contribution in [1.29, 1.82) is 0 Å². The van der Waals surface area contributed by atoms with Crippen molar-refractivity contribution in [1.82, 2.24) is 14.9 Å². The normalized spacial score (nSPS) is 15.4. The second-order valence-electron chi connectivity index (χ2n) is 4.36. The van der Waals surface area contributed by atoms with E-state index in [1.807, 2.05) is 0 Å². The largest absolute Gasteiger partial charge is 0.497 e. The molecular weight excluding hydrogens is 233 g/mol. The molecule has 0 radical (unpaired) electrons. The van der Waals surface area contributed by atoms with E-state index in [9.17, 15) is 4.39 Å². The van der Waals surface area contributed by atoms with Gasteiger partial charge in [0.25, 0.3) is 0 Å². The second-order valence-corrected chi connectivity index (χ2v) is 4.36. The van der Waals surface area contributed by atoms with E-state index in [1.54, 1.807) is 36.3 Å². The van der Waals surface area contributed by atoms with Gasteiger partial charge in [-0.15, -0.1) is 0 Å². The van der Waals surface area contributed by atoms with E-state index in [0.717, 1.165) is 18.8 Å². The van der Waals surface area contributed by atoms with Gasteiger partial charge in [-0.3, -0.25) is 4.57 Å². The zero-order chi connectivity index (χ0) is 12.5. The summed E-state index contributed by atoms with van der Waals surface area (Å²) in [6.45, 7) is 1.83. The van der Waals surface area contributed by atoms with Gasteiger partial charge in [-0.25, -0.2) is 9.37 Å². The van der Waals surface area contributed by atoms with E-state index < -0.39 is 0 Å². The molecule has 0 spiro atoms. The lowest BCUT2D eigenvalue weighted by atomic mass is 10.00. The smallest absolute Gasteiger partial charge is 0.147 e. The Kier molecular flexibility index (Phi) is 2.76. The van der Waals surface area contributed by atoms with Crippen molar-refractivity contribution in [2.75, 3.05) is 20.2 Å². The van der Waals surface area contributed by atoms with E-state index in [2.05, 4.69) is 10.3 Å². The third kappa shape index (κ3) is 1.76. The summed E-state index contributed by atoms with van der Waals surface area (Å²) in [4.78, 5) is 4.13. The molecule has 2 aromatic rings. The monoisotopic (exact) mass is 247 g/mol. The Morgan fingerprint density at radius 2 is 2.28 bits per heavy atom. The highest BCUT2D eigenvalue weighted by Crippen LogP contribution is 2.26. The highest BCUT2D eigenvalue weighted by atomic mass is 19.1. The molecule has 0 unspecified atom stereocenters.